The molecule has 0 heterocycles. The van der Waals surface area contributed by atoms with Gasteiger partial charge in [0.1, 0.15) is 12.4 Å². The lowest BCUT2D eigenvalue weighted by Gasteiger charge is -2.36. The number of carboxylic acids is 2. The molecule has 0 spiro atoms. The first-order valence-corrected chi connectivity index (χ1v) is 13.1. The normalized spacial score (nSPS) is 14.8. The van der Waals surface area contributed by atoms with E-state index in [-0.39, 0.29) is 12.5 Å². The highest BCUT2D eigenvalue weighted by atomic mass is 16.5. The van der Waals surface area contributed by atoms with Crippen LogP contribution in [-0.4, -0.2) is 40.1 Å². The van der Waals surface area contributed by atoms with E-state index >= 15 is 0 Å². The second-order valence-corrected chi connectivity index (χ2v) is 9.65. The fourth-order valence-electron chi connectivity index (χ4n) is 5.17. The van der Waals surface area contributed by atoms with Crippen LogP contribution < -0.4 is 4.74 Å². The van der Waals surface area contributed by atoms with Gasteiger partial charge in [0.05, 0.1) is 5.56 Å². The van der Waals surface area contributed by atoms with Gasteiger partial charge in [-0.05, 0) is 85.5 Å². The summed E-state index contributed by atoms with van der Waals surface area (Å²) >= 11 is 0. The van der Waals surface area contributed by atoms with Gasteiger partial charge in [-0.15, -0.1) is 0 Å². The lowest BCUT2D eigenvalue weighted by molar-refractivity contribution is -0.137. The number of aromatic carboxylic acids is 1. The maximum Gasteiger partial charge on any atom is 0.335 e. The van der Waals surface area contributed by atoms with Crippen molar-refractivity contribution in [1.29, 1.82) is 0 Å². The maximum absolute atomic E-state index is 11.5. The minimum Gasteiger partial charge on any atom is -0.489 e. The van der Waals surface area contributed by atoms with Crippen LogP contribution >= 0.6 is 0 Å². The summed E-state index contributed by atoms with van der Waals surface area (Å²) in [6.07, 6.45) is 5.32. The smallest absolute Gasteiger partial charge is 0.335 e. The molecular formula is C31H35NO5. The van der Waals surface area contributed by atoms with Crippen molar-refractivity contribution in [2.24, 2.45) is 0 Å². The molecule has 1 unspecified atom stereocenters. The zero-order valence-electron chi connectivity index (χ0n) is 21.1. The number of carbonyl (C=O) groups is 2. The van der Waals surface area contributed by atoms with Crippen LogP contribution in [0.2, 0.25) is 0 Å². The van der Waals surface area contributed by atoms with Gasteiger partial charge in [-0.2, -0.15) is 0 Å². The fraction of sp³-hybridized carbons (Fsp3) is 0.355. The monoisotopic (exact) mass is 501 g/mol. The highest BCUT2D eigenvalue weighted by molar-refractivity contribution is 5.88. The SMILES string of the molecule is O=C(O)CCCCN(CCc1ccccc1OCc1ccccc1)C1CCCc2cc(C(=O)O)ccc21. The van der Waals surface area contributed by atoms with Gasteiger partial charge in [0.2, 0.25) is 0 Å². The summed E-state index contributed by atoms with van der Waals surface area (Å²) in [4.78, 5) is 25.0. The number of hydrogen-bond acceptors (Lipinski definition) is 4. The third-order valence-electron chi connectivity index (χ3n) is 7.08. The highest BCUT2D eigenvalue weighted by Crippen LogP contribution is 2.35. The molecule has 3 aromatic rings. The van der Waals surface area contributed by atoms with E-state index in [9.17, 15) is 14.7 Å². The van der Waals surface area contributed by atoms with E-state index in [2.05, 4.69) is 23.1 Å². The van der Waals surface area contributed by atoms with Gasteiger partial charge in [0.25, 0.3) is 0 Å². The molecule has 0 fully saturated rings. The topological polar surface area (TPSA) is 87.1 Å². The van der Waals surface area contributed by atoms with E-state index in [0.29, 0.717) is 18.6 Å². The Labute approximate surface area is 218 Å². The van der Waals surface area contributed by atoms with Gasteiger partial charge in [0.15, 0.2) is 0 Å². The largest absolute Gasteiger partial charge is 0.489 e. The van der Waals surface area contributed by atoms with E-state index in [4.69, 9.17) is 9.84 Å². The molecule has 0 aromatic heterocycles. The Bertz CT molecular complexity index is 1190. The summed E-state index contributed by atoms with van der Waals surface area (Å²) in [5, 5.41) is 18.5. The van der Waals surface area contributed by atoms with Crippen molar-refractivity contribution < 1.29 is 24.5 Å². The second-order valence-electron chi connectivity index (χ2n) is 9.65. The van der Waals surface area contributed by atoms with Crippen molar-refractivity contribution in [3.8, 4) is 5.75 Å². The number of para-hydroxylation sites is 1. The van der Waals surface area contributed by atoms with Gasteiger partial charge in [-0.25, -0.2) is 4.79 Å². The molecule has 6 heteroatoms. The van der Waals surface area contributed by atoms with E-state index in [1.807, 2.05) is 48.5 Å². The Morgan fingerprint density at radius 2 is 1.70 bits per heavy atom. The molecule has 1 aliphatic rings. The molecule has 1 atom stereocenters. The molecule has 6 nitrogen and oxygen atoms in total. The van der Waals surface area contributed by atoms with Gasteiger partial charge in [-0.1, -0.05) is 54.6 Å². The van der Waals surface area contributed by atoms with Crippen molar-refractivity contribution >= 4 is 11.9 Å². The maximum atomic E-state index is 11.5. The molecule has 2 N–H and O–H groups in total. The van der Waals surface area contributed by atoms with Gasteiger partial charge >= 0.3 is 11.9 Å². The summed E-state index contributed by atoms with van der Waals surface area (Å²) < 4.78 is 6.18. The number of hydrogen-bond donors (Lipinski definition) is 2. The quantitative estimate of drug-likeness (QED) is 0.274. The Hall–Kier alpha value is -3.64. The molecule has 0 aliphatic heterocycles. The molecule has 194 valence electrons. The summed E-state index contributed by atoms with van der Waals surface area (Å²) in [5.41, 5.74) is 4.90. The van der Waals surface area contributed by atoms with E-state index < -0.39 is 11.9 Å². The average Bonchev–Trinajstić information content (AvgIpc) is 2.92. The first-order chi connectivity index (χ1) is 18.0. The molecule has 0 saturated heterocycles. The summed E-state index contributed by atoms with van der Waals surface area (Å²) in [7, 11) is 0. The molecule has 37 heavy (non-hydrogen) atoms. The number of benzene rings is 3. The molecule has 4 rings (SSSR count). The van der Waals surface area contributed by atoms with Crippen LogP contribution in [0.5, 0.6) is 5.75 Å². The zero-order chi connectivity index (χ0) is 26.0. The third kappa shape index (κ3) is 7.43. The molecule has 0 amide bonds. The molecule has 0 radical (unpaired) electrons. The average molecular weight is 502 g/mol. The van der Waals surface area contributed by atoms with Crippen LogP contribution in [0.1, 0.15) is 70.8 Å². The zero-order valence-corrected chi connectivity index (χ0v) is 21.1. The Morgan fingerprint density at radius 3 is 2.49 bits per heavy atom. The van der Waals surface area contributed by atoms with E-state index in [0.717, 1.165) is 67.6 Å². The van der Waals surface area contributed by atoms with Crippen LogP contribution in [-0.2, 0) is 24.2 Å². The number of nitrogens with zero attached hydrogens (tertiary/aromatic N) is 1. The Morgan fingerprint density at radius 1 is 0.919 bits per heavy atom. The second kappa shape index (κ2) is 13.1. The van der Waals surface area contributed by atoms with Gasteiger partial charge < -0.3 is 14.9 Å². The summed E-state index contributed by atoms with van der Waals surface area (Å²) in [6, 6.07) is 23.9. The lowest BCUT2D eigenvalue weighted by Crippen LogP contribution is -2.34. The molecule has 3 aromatic carbocycles. The van der Waals surface area contributed by atoms with Crippen LogP contribution in [0.25, 0.3) is 0 Å². The number of carboxylic acid groups (broad SMARTS) is 2. The first kappa shape index (κ1) is 26.4. The molecule has 0 saturated carbocycles. The minimum absolute atomic E-state index is 0.174. The number of fused-ring (bicyclic) bond motifs is 1. The Balaban J connectivity index is 1.49. The number of ether oxygens (including phenoxy) is 1. The van der Waals surface area contributed by atoms with Crippen molar-refractivity contribution in [2.75, 3.05) is 13.1 Å². The van der Waals surface area contributed by atoms with Crippen molar-refractivity contribution in [2.45, 2.75) is 57.6 Å². The molecule has 1 aliphatic carbocycles. The van der Waals surface area contributed by atoms with Gasteiger partial charge in [-0.3, -0.25) is 9.69 Å². The summed E-state index contributed by atoms with van der Waals surface area (Å²) in [6.45, 7) is 2.12. The van der Waals surface area contributed by atoms with Gasteiger partial charge in [0, 0.05) is 19.0 Å². The highest BCUT2D eigenvalue weighted by Gasteiger charge is 2.26. The number of aliphatic carboxylic acids is 1. The van der Waals surface area contributed by atoms with Crippen molar-refractivity contribution in [1.82, 2.24) is 4.90 Å². The van der Waals surface area contributed by atoms with Crippen LogP contribution in [0.4, 0.5) is 0 Å². The third-order valence-corrected chi connectivity index (χ3v) is 7.08. The fourth-order valence-corrected chi connectivity index (χ4v) is 5.17. The first-order valence-electron chi connectivity index (χ1n) is 13.1. The van der Waals surface area contributed by atoms with Crippen molar-refractivity contribution in [3.63, 3.8) is 0 Å². The minimum atomic E-state index is -0.900. The number of unbranched alkanes of at least 4 members (excludes halogenated alkanes) is 1. The van der Waals surface area contributed by atoms with Crippen molar-refractivity contribution in [3.05, 3.63) is 101 Å². The number of aryl methyl sites for hydroxylation is 1. The van der Waals surface area contributed by atoms with E-state index in [1.165, 1.54) is 5.56 Å². The standard InChI is InChI=1S/C31H35NO5/c33-30(34)15-6-7-19-32(28-13-8-12-25-21-26(31(35)36)16-17-27(25)28)20-18-24-11-4-5-14-29(24)37-22-23-9-2-1-3-10-23/h1-5,9-11,14,16-17,21,28H,6-8,12-13,15,18-20,22H2,(H,33,34)(H,35,36). The van der Waals surface area contributed by atoms with Crippen LogP contribution in [0.3, 0.4) is 0 Å². The predicted molar refractivity (Wildman–Crippen MR) is 143 cm³/mol. The number of rotatable bonds is 13. The van der Waals surface area contributed by atoms with Crippen LogP contribution in [0, 0.1) is 0 Å². The summed E-state index contributed by atoms with van der Waals surface area (Å²) in [5.74, 6) is -0.782. The van der Waals surface area contributed by atoms with E-state index in [1.54, 1.807) is 6.07 Å². The molecule has 0 bridgehead atoms. The lowest BCUT2D eigenvalue weighted by atomic mass is 9.85. The predicted octanol–water partition coefficient (Wildman–Crippen LogP) is 6.14. The molecular weight excluding hydrogens is 466 g/mol. The van der Waals surface area contributed by atoms with Crippen LogP contribution in [0.15, 0.2) is 72.8 Å². The Kier molecular flexibility index (Phi) is 9.33.